The molecule has 112 valence electrons. The van der Waals surface area contributed by atoms with Crippen molar-refractivity contribution in [2.75, 3.05) is 6.54 Å². The summed E-state index contributed by atoms with van der Waals surface area (Å²) < 4.78 is 36.6. The summed E-state index contributed by atoms with van der Waals surface area (Å²) in [6, 6.07) is 0. The van der Waals surface area contributed by atoms with E-state index < -0.39 is 24.5 Å². The summed E-state index contributed by atoms with van der Waals surface area (Å²) >= 11 is 0. The molecule has 0 aliphatic carbocycles. The Morgan fingerprint density at radius 1 is 1.35 bits per heavy atom. The normalized spacial score (nSPS) is 11.3. The summed E-state index contributed by atoms with van der Waals surface area (Å²) in [4.78, 5) is 21.9. The number of halogens is 3. The standard InChI is InChI=1S/C10H13F3N4O3/c11-10(12,13)3-1-2-4-14-8(18)6-17-5-7(9(19)20)15-16-17/h5H,1-4,6H2,(H,14,18)(H,19,20). The third-order valence-electron chi connectivity index (χ3n) is 2.27. The van der Waals surface area contributed by atoms with Crippen LogP contribution < -0.4 is 5.32 Å². The van der Waals surface area contributed by atoms with Crippen molar-refractivity contribution in [3.05, 3.63) is 11.9 Å². The van der Waals surface area contributed by atoms with Crippen LogP contribution >= 0.6 is 0 Å². The van der Waals surface area contributed by atoms with E-state index in [1.165, 1.54) is 0 Å². The highest BCUT2D eigenvalue weighted by molar-refractivity contribution is 5.84. The highest BCUT2D eigenvalue weighted by atomic mass is 19.4. The molecule has 0 aliphatic heterocycles. The summed E-state index contributed by atoms with van der Waals surface area (Å²) in [5.41, 5.74) is -0.289. The Bertz CT molecular complexity index is 473. The first kappa shape index (κ1) is 15.9. The number of carboxylic acid groups (broad SMARTS) is 1. The highest BCUT2D eigenvalue weighted by Gasteiger charge is 2.25. The third kappa shape index (κ3) is 6.16. The van der Waals surface area contributed by atoms with E-state index in [1.807, 2.05) is 0 Å². The number of carbonyl (C=O) groups excluding carboxylic acids is 1. The lowest BCUT2D eigenvalue weighted by molar-refractivity contribution is -0.135. The number of alkyl halides is 3. The number of carboxylic acids is 1. The highest BCUT2D eigenvalue weighted by Crippen LogP contribution is 2.21. The molecule has 0 spiro atoms. The number of hydrogen-bond acceptors (Lipinski definition) is 4. The molecular formula is C10H13F3N4O3. The number of aromatic carboxylic acids is 1. The Morgan fingerprint density at radius 2 is 2.05 bits per heavy atom. The van der Waals surface area contributed by atoms with Crippen LogP contribution in [0, 0.1) is 0 Å². The molecule has 7 nitrogen and oxygen atoms in total. The van der Waals surface area contributed by atoms with Crippen LogP contribution in [0.5, 0.6) is 0 Å². The van der Waals surface area contributed by atoms with Gasteiger partial charge in [0.15, 0.2) is 5.69 Å². The van der Waals surface area contributed by atoms with Crippen molar-refractivity contribution in [1.82, 2.24) is 20.3 Å². The average molecular weight is 294 g/mol. The first-order valence-electron chi connectivity index (χ1n) is 5.75. The van der Waals surface area contributed by atoms with Gasteiger partial charge >= 0.3 is 12.1 Å². The van der Waals surface area contributed by atoms with Crippen molar-refractivity contribution >= 4 is 11.9 Å². The predicted molar refractivity (Wildman–Crippen MR) is 59.9 cm³/mol. The second-order valence-corrected chi connectivity index (χ2v) is 4.03. The maximum atomic E-state index is 11.8. The van der Waals surface area contributed by atoms with Gasteiger partial charge in [-0.1, -0.05) is 5.21 Å². The fourth-order valence-corrected chi connectivity index (χ4v) is 1.35. The number of aromatic nitrogens is 3. The van der Waals surface area contributed by atoms with Gasteiger partial charge in [-0.25, -0.2) is 9.48 Å². The number of unbranched alkanes of at least 4 members (excludes halogenated alkanes) is 1. The second kappa shape index (κ2) is 6.87. The molecule has 0 aromatic carbocycles. The Hall–Kier alpha value is -2.13. The summed E-state index contributed by atoms with van der Waals surface area (Å²) in [5.74, 6) is -1.73. The molecule has 20 heavy (non-hydrogen) atoms. The van der Waals surface area contributed by atoms with Crippen LogP contribution in [0.3, 0.4) is 0 Å². The van der Waals surface area contributed by atoms with E-state index in [4.69, 9.17) is 5.11 Å². The van der Waals surface area contributed by atoms with Crippen LogP contribution in [-0.4, -0.2) is 44.7 Å². The Balaban J connectivity index is 2.21. The Labute approximate surface area is 111 Å². The second-order valence-electron chi connectivity index (χ2n) is 4.03. The summed E-state index contributed by atoms with van der Waals surface area (Å²) in [5, 5.41) is 17.7. The minimum absolute atomic E-state index is 0.0593. The molecule has 1 rings (SSSR count). The molecule has 10 heteroatoms. The van der Waals surface area contributed by atoms with Crippen LogP contribution in [0.2, 0.25) is 0 Å². The van der Waals surface area contributed by atoms with Crippen LogP contribution in [0.4, 0.5) is 13.2 Å². The van der Waals surface area contributed by atoms with Crippen LogP contribution in [0.1, 0.15) is 29.8 Å². The molecule has 1 aromatic heterocycles. The van der Waals surface area contributed by atoms with E-state index in [9.17, 15) is 22.8 Å². The topological polar surface area (TPSA) is 97.1 Å². The van der Waals surface area contributed by atoms with E-state index in [0.717, 1.165) is 10.9 Å². The first-order valence-corrected chi connectivity index (χ1v) is 5.75. The molecular weight excluding hydrogens is 281 g/mol. The van der Waals surface area contributed by atoms with Crippen molar-refractivity contribution < 1.29 is 27.9 Å². The summed E-state index contributed by atoms with van der Waals surface area (Å²) in [6.45, 7) is -0.116. The number of amides is 1. The molecule has 0 bridgehead atoms. The minimum atomic E-state index is -4.18. The Morgan fingerprint density at radius 3 is 2.60 bits per heavy atom. The molecule has 0 radical (unpaired) electrons. The Kier molecular flexibility index (Phi) is 5.47. The van der Waals surface area contributed by atoms with Crippen LogP contribution in [0.25, 0.3) is 0 Å². The molecule has 1 amide bonds. The van der Waals surface area contributed by atoms with Gasteiger partial charge in [0, 0.05) is 13.0 Å². The predicted octanol–water partition coefficient (Wildman–Crippen LogP) is 0.825. The largest absolute Gasteiger partial charge is 0.476 e. The van der Waals surface area contributed by atoms with Crippen molar-refractivity contribution in [2.45, 2.75) is 32.0 Å². The van der Waals surface area contributed by atoms with Gasteiger partial charge in [-0.3, -0.25) is 4.79 Å². The number of hydrogen-bond donors (Lipinski definition) is 2. The molecule has 0 saturated heterocycles. The van der Waals surface area contributed by atoms with Gasteiger partial charge in [-0.15, -0.1) is 5.10 Å². The zero-order chi connectivity index (χ0) is 15.2. The molecule has 0 fully saturated rings. The van der Waals surface area contributed by atoms with E-state index in [1.54, 1.807) is 0 Å². The lowest BCUT2D eigenvalue weighted by atomic mass is 10.2. The van der Waals surface area contributed by atoms with E-state index in [0.29, 0.717) is 0 Å². The number of carbonyl (C=O) groups is 2. The van der Waals surface area contributed by atoms with E-state index in [-0.39, 0.29) is 31.6 Å². The third-order valence-corrected chi connectivity index (χ3v) is 2.27. The zero-order valence-electron chi connectivity index (χ0n) is 10.4. The van der Waals surface area contributed by atoms with Crippen molar-refractivity contribution in [3.8, 4) is 0 Å². The molecule has 1 heterocycles. The van der Waals surface area contributed by atoms with Crippen molar-refractivity contribution in [1.29, 1.82) is 0 Å². The van der Waals surface area contributed by atoms with Gasteiger partial charge in [0.25, 0.3) is 0 Å². The zero-order valence-corrected chi connectivity index (χ0v) is 10.4. The minimum Gasteiger partial charge on any atom is -0.476 e. The summed E-state index contributed by atoms with van der Waals surface area (Å²) in [6.07, 6.45) is -3.82. The lowest BCUT2D eigenvalue weighted by Gasteiger charge is -2.07. The summed E-state index contributed by atoms with van der Waals surface area (Å²) in [7, 11) is 0. The maximum Gasteiger partial charge on any atom is 0.389 e. The SMILES string of the molecule is O=C(Cn1cc(C(=O)O)nn1)NCCCCC(F)(F)F. The molecule has 0 unspecified atom stereocenters. The van der Waals surface area contributed by atoms with Crippen LogP contribution in [0.15, 0.2) is 6.20 Å². The van der Waals surface area contributed by atoms with Gasteiger partial charge in [-0.2, -0.15) is 13.2 Å². The van der Waals surface area contributed by atoms with Crippen LogP contribution in [-0.2, 0) is 11.3 Å². The van der Waals surface area contributed by atoms with E-state index >= 15 is 0 Å². The molecule has 0 atom stereocenters. The van der Waals surface area contributed by atoms with Gasteiger partial charge < -0.3 is 10.4 Å². The average Bonchev–Trinajstić information content (AvgIpc) is 2.75. The quantitative estimate of drug-likeness (QED) is 0.726. The first-order chi connectivity index (χ1) is 9.28. The molecule has 0 aliphatic rings. The van der Waals surface area contributed by atoms with Gasteiger partial charge in [0.05, 0.1) is 6.20 Å². The molecule has 2 N–H and O–H groups in total. The number of nitrogens with zero attached hydrogens (tertiary/aromatic N) is 3. The monoisotopic (exact) mass is 294 g/mol. The molecule has 0 saturated carbocycles. The van der Waals surface area contributed by atoms with Crippen molar-refractivity contribution in [3.63, 3.8) is 0 Å². The number of rotatable bonds is 7. The fourth-order valence-electron chi connectivity index (χ4n) is 1.35. The van der Waals surface area contributed by atoms with Gasteiger partial charge in [-0.05, 0) is 12.8 Å². The van der Waals surface area contributed by atoms with E-state index in [2.05, 4.69) is 15.6 Å². The van der Waals surface area contributed by atoms with Gasteiger partial charge in [0.1, 0.15) is 6.54 Å². The smallest absolute Gasteiger partial charge is 0.389 e. The molecule has 1 aromatic rings. The number of nitrogens with one attached hydrogen (secondary N) is 1. The lowest BCUT2D eigenvalue weighted by Crippen LogP contribution is -2.28. The van der Waals surface area contributed by atoms with Crippen molar-refractivity contribution in [2.24, 2.45) is 0 Å². The van der Waals surface area contributed by atoms with Gasteiger partial charge in [0.2, 0.25) is 5.91 Å². The maximum absolute atomic E-state index is 11.8. The fraction of sp³-hybridized carbons (Fsp3) is 0.600.